The smallest absolute Gasteiger partial charge is 0.240 e. The van der Waals surface area contributed by atoms with Crippen molar-refractivity contribution in [2.75, 3.05) is 19.6 Å². The average Bonchev–Trinajstić information content (AvgIpc) is 2.61. The maximum Gasteiger partial charge on any atom is 0.240 e. The van der Waals surface area contributed by atoms with E-state index in [0.29, 0.717) is 11.4 Å². The summed E-state index contributed by atoms with van der Waals surface area (Å²) in [5.41, 5.74) is 3.84. The molecule has 3 rings (SSSR count). The fourth-order valence-electron chi connectivity index (χ4n) is 3.28. The third-order valence-electron chi connectivity index (χ3n) is 4.70. The van der Waals surface area contributed by atoms with Gasteiger partial charge in [0.1, 0.15) is 0 Å². The summed E-state index contributed by atoms with van der Waals surface area (Å²) >= 11 is 0. The van der Waals surface area contributed by atoms with Crippen LogP contribution in [-0.4, -0.2) is 33.0 Å². The molecule has 0 spiro atoms. The summed E-state index contributed by atoms with van der Waals surface area (Å²) in [6.45, 7) is 5.49. The first-order valence-electron chi connectivity index (χ1n) is 8.90. The molecule has 0 unspecified atom stereocenters. The second kappa shape index (κ2) is 9.51. The summed E-state index contributed by atoms with van der Waals surface area (Å²) in [6, 6.07) is 15.6. The number of unbranched alkanes of at least 4 members (excludes halogenated alkanes) is 1. The van der Waals surface area contributed by atoms with Gasteiger partial charge in [-0.15, -0.1) is 12.4 Å². The Morgan fingerprint density at radius 1 is 1.04 bits per heavy atom. The molecule has 0 aromatic heterocycles. The molecule has 26 heavy (non-hydrogen) atoms. The molecule has 1 aliphatic rings. The van der Waals surface area contributed by atoms with Crippen LogP contribution < -0.4 is 4.72 Å². The van der Waals surface area contributed by atoms with Gasteiger partial charge < -0.3 is 0 Å². The number of hydrogen-bond acceptors (Lipinski definition) is 3. The fraction of sp³-hybridized carbons (Fsp3) is 0.400. The van der Waals surface area contributed by atoms with Crippen molar-refractivity contribution in [1.29, 1.82) is 0 Å². The first kappa shape index (κ1) is 20.9. The van der Waals surface area contributed by atoms with Gasteiger partial charge >= 0.3 is 0 Å². The Bertz CT molecular complexity index is 824. The fourth-order valence-corrected chi connectivity index (χ4v) is 4.46. The second-order valence-electron chi connectivity index (χ2n) is 6.72. The molecule has 2 aromatic carbocycles. The Balaban J connectivity index is 0.00000243. The third kappa shape index (κ3) is 5.55. The van der Waals surface area contributed by atoms with Gasteiger partial charge in [-0.25, -0.2) is 13.1 Å². The van der Waals surface area contributed by atoms with Gasteiger partial charge in [0, 0.05) is 19.6 Å². The van der Waals surface area contributed by atoms with Gasteiger partial charge in [-0.3, -0.25) is 4.90 Å². The van der Waals surface area contributed by atoms with Crippen LogP contribution in [0.15, 0.2) is 53.4 Å². The standard InChI is InChI=1S/C20H26N2O2S.ClH/c1-17-7-6-10-20(15-17)25(23,24)21-12-4-5-13-22-14-11-18-8-2-3-9-19(18)16-22;/h2-3,6-10,15,21H,4-5,11-14,16H2,1H3;1H. The summed E-state index contributed by atoms with van der Waals surface area (Å²) < 4.78 is 27.2. The van der Waals surface area contributed by atoms with E-state index in [1.165, 1.54) is 11.1 Å². The van der Waals surface area contributed by atoms with Crippen molar-refractivity contribution in [2.45, 2.75) is 37.6 Å². The number of aryl methyl sites for hydroxylation is 1. The summed E-state index contributed by atoms with van der Waals surface area (Å²) in [4.78, 5) is 2.80. The van der Waals surface area contributed by atoms with E-state index in [1.54, 1.807) is 18.2 Å². The first-order chi connectivity index (χ1) is 12.0. The van der Waals surface area contributed by atoms with E-state index in [0.717, 1.165) is 44.5 Å². The molecule has 6 heteroatoms. The van der Waals surface area contributed by atoms with Crippen molar-refractivity contribution in [3.05, 3.63) is 65.2 Å². The molecule has 142 valence electrons. The minimum atomic E-state index is -3.39. The highest BCUT2D eigenvalue weighted by Gasteiger charge is 2.16. The van der Waals surface area contributed by atoms with Crippen LogP contribution in [0.5, 0.6) is 0 Å². The van der Waals surface area contributed by atoms with Gasteiger partial charge in [0.25, 0.3) is 0 Å². The molecule has 0 radical (unpaired) electrons. The number of rotatable bonds is 7. The molecule has 0 atom stereocenters. The molecule has 0 fully saturated rings. The Morgan fingerprint density at radius 2 is 1.81 bits per heavy atom. The molecule has 4 nitrogen and oxygen atoms in total. The molecule has 2 aromatic rings. The van der Waals surface area contributed by atoms with Crippen LogP contribution in [0.4, 0.5) is 0 Å². The van der Waals surface area contributed by atoms with Crippen molar-refractivity contribution in [2.24, 2.45) is 0 Å². The molecule has 0 aliphatic carbocycles. The van der Waals surface area contributed by atoms with Gasteiger partial charge in [-0.2, -0.15) is 0 Å². The van der Waals surface area contributed by atoms with Crippen LogP contribution in [0.1, 0.15) is 29.5 Å². The van der Waals surface area contributed by atoms with Crippen molar-refractivity contribution in [1.82, 2.24) is 9.62 Å². The topological polar surface area (TPSA) is 49.4 Å². The predicted octanol–water partition coefficient (Wildman–Crippen LogP) is 3.53. The van der Waals surface area contributed by atoms with Crippen molar-refractivity contribution >= 4 is 22.4 Å². The Hall–Kier alpha value is -1.40. The van der Waals surface area contributed by atoms with Crippen LogP contribution in [0.3, 0.4) is 0 Å². The van der Waals surface area contributed by atoms with Crippen LogP contribution in [0.2, 0.25) is 0 Å². The third-order valence-corrected chi connectivity index (χ3v) is 6.16. The van der Waals surface area contributed by atoms with Gasteiger partial charge in [-0.05, 0) is 61.6 Å². The zero-order valence-electron chi connectivity index (χ0n) is 15.1. The number of benzene rings is 2. The van der Waals surface area contributed by atoms with E-state index >= 15 is 0 Å². The lowest BCUT2D eigenvalue weighted by atomic mass is 10.00. The maximum atomic E-state index is 12.3. The van der Waals surface area contributed by atoms with E-state index in [1.807, 2.05) is 13.0 Å². The SMILES string of the molecule is Cc1cccc(S(=O)(=O)NCCCCN2CCc3ccccc3C2)c1.Cl. The normalized spacial score (nSPS) is 14.5. The minimum absolute atomic E-state index is 0. The lowest BCUT2D eigenvalue weighted by Crippen LogP contribution is -2.32. The van der Waals surface area contributed by atoms with Crippen molar-refractivity contribution < 1.29 is 8.42 Å². The van der Waals surface area contributed by atoms with Crippen molar-refractivity contribution in [3.63, 3.8) is 0 Å². The number of nitrogens with one attached hydrogen (secondary N) is 1. The quantitative estimate of drug-likeness (QED) is 0.731. The summed E-state index contributed by atoms with van der Waals surface area (Å²) in [5, 5.41) is 0. The molecular weight excluding hydrogens is 368 g/mol. The summed E-state index contributed by atoms with van der Waals surface area (Å²) in [5.74, 6) is 0. The molecule has 0 amide bonds. The summed E-state index contributed by atoms with van der Waals surface area (Å²) in [6.07, 6.45) is 2.96. The highest BCUT2D eigenvalue weighted by Crippen LogP contribution is 2.18. The number of fused-ring (bicyclic) bond motifs is 1. The minimum Gasteiger partial charge on any atom is -0.299 e. The monoisotopic (exact) mass is 394 g/mol. The van der Waals surface area contributed by atoms with Gasteiger partial charge in [0.15, 0.2) is 0 Å². The largest absolute Gasteiger partial charge is 0.299 e. The number of sulfonamides is 1. The lowest BCUT2D eigenvalue weighted by molar-refractivity contribution is 0.249. The molecule has 0 bridgehead atoms. The second-order valence-corrected chi connectivity index (χ2v) is 8.48. The number of nitrogens with zero attached hydrogens (tertiary/aromatic N) is 1. The molecule has 0 saturated carbocycles. The van der Waals surface area contributed by atoms with Gasteiger partial charge in [0.2, 0.25) is 10.0 Å². The highest BCUT2D eigenvalue weighted by molar-refractivity contribution is 7.89. The molecule has 1 aliphatic heterocycles. The highest BCUT2D eigenvalue weighted by atomic mass is 35.5. The van der Waals surface area contributed by atoms with E-state index in [2.05, 4.69) is 33.9 Å². The first-order valence-corrected chi connectivity index (χ1v) is 10.4. The zero-order chi connectivity index (χ0) is 17.7. The zero-order valence-corrected chi connectivity index (χ0v) is 16.8. The van der Waals surface area contributed by atoms with Gasteiger partial charge in [-0.1, -0.05) is 36.4 Å². The maximum absolute atomic E-state index is 12.3. The van der Waals surface area contributed by atoms with E-state index in [4.69, 9.17) is 0 Å². The average molecular weight is 395 g/mol. The van der Waals surface area contributed by atoms with Crippen LogP contribution in [0, 0.1) is 6.92 Å². The van der Waals surface area contributed by atoms with E-state index in [9.17, 15) is 8.42 Å². The van der Waals surface area contributed by atoms with Crippen molar-refractivity contribution in [3.8, 4) is 0 Å². The Morgan fingerprint density at radius 3 is 2.58 bits per heavy atom. The van der Waals surface area contributed by atoms with Crippen LogP contribution in [-0.2, 0) is 23.0 Å². The predicted molar refractivity (Wildman–Crippen MR) is 108 cm³/mol. The Kier molecular flexibility index (Phi) is 7.65. The van der Waals surface area contributed by atoms with Crippen LogP contribution in [0.25, 0.3) is 0 Å². The van der Waals surface area contributed by atoms with Gasteiger partial charge in [0.05, 0.1) is 4.90 Å². The van der Waals surface area contributed by atoms with E-state index < -0.39 is 10.0 Å². The number of halogens is 1. The van der Waals surface area contributed by atoms with Crippen LogP contribution >= 0.6 is 12.4 Å². The number of hydrogen-bond donors (Lipinski definition) is 1. The molecule has 1 N–H and O–H groups in total. The Labute approximate surface area is 163 Å². The molecular formula is C20H27ClN2O2S. The summed E-state index contributed by atoms with van der Waals surface area (Å²) in [7, 11) is -3.39. The molecule has 1 heterocycles. The lowest BCUT2D eigenvalue weighted by Gasteiger charge is -2.28. The molecule has 0 saturated heterocycles. The van der Waals surface area contributed by atoms with E-state index in [-0.39, 0.29) is 12.4 Å².